The van der Waals surface area contributed by atoms with Gasteiger partial charge in [-0.3, -0.25) is 9.08 Å². The second kappa shape index (κ2) is 9.41. The van der Waals surface area contributed by atoms with Crippen LogP contribution in [-0.4, -0.2) is 69.7 Å². The van der Waals surface area contributed by atoms with Crippen molar-refractivity contribution in [3.05, 3.63) is 29.3 Å². The number of amides is 2. The molecule has 2 amide bonds. The number of piperidine rings is 1. The summed E-state index contributed by atoms with van der Waals surface area (Å²) in [6.07, 6.45) is -0.612. The minimum absolute atomic E-state index is 0.0354. The van der Waals surface area contributed by atoms with Crippen LogP contribution in [0.3, 0.4) is 0 Å². The van der Waals surface area contributed by atoms with Gasteiger partial charge in [0.2, 0.25) is 0 Å². The van der Waals surface area contributed by atoms with E-state index in [0.717, 1.165) is 23.3 Å². The van der Waals surface area contributed by atoms with E-state index in [1.807, 2.05) is 0 Å². The second-order valence-electron chi connectivity index (χ2n) is 9.17. The van der Waals surface area contributed by atoms with Gasteiger partial charge in [0, 0.05) is 18.7 Å². The molecule has 3 rings (SSSR count). The van der Waals surface area contributed by atoms with E-state index in [0.29, 0.717) is 25.9 Å². The molecule has 0 N–H and O–H groups in total. The number of hydrogen-bond donors (Lipinski definition) is 0. The summed E-state index contributed by atoms with van der Waals surface area (Å²) in [4.78, 5) is 26.9. The molecule has 0 radical (unpaired) electrons. The van der Waals surface area contributed by atoms with E-state index in [-0.39, 0.29) is 24.4 Å². The molecule has 0 saturated carbocycles. The van der Waals surface area contributed by atoms with Gasteiger partial charge in [0.25, 0.3) is 10.1 Å². The summed E-state index contributed by atoms with van der Waals surface area (Å²) < 4.78 is 67.1. The molecule has 2 saturated heterocycles. The number of ether oxygens (including phenoxy) is 2. The first-order valence-electron chi connectivity index (χ1n) is 10.5. The monoisotopic (exact) mass is 490 g/mol. The lowest BCUT2D eigenvalue weighted by molar-refractivity contribution is 0.0203. The number of carbonyl (C=O) groups is 2. The Morgan fingerprint density at radius 1 is 1.18 bits per heavy atom. The van der Waals surface area contributed by atoms with Gasteiger partial charge < -0.3 is 14.4 Å². The summed E-state index contributed by atoms with van der Waals surface area (Å²) in [6, 6.07) is 2.11. The SMILES string of the molecule is CC(C)(C)OC(=O)N1CCC(c2c(F)cc(N3C[C@H](COS(C)(=O)=O)OC3=O)cc2F)CC1. The van der Waals surface area contributed by atoms with Crippen molar-refractivity contribution in [1.29, 1.82) is 0 Å². The van der Waals surface area contributed by atoms with Crippen molar-refractivity contribution in [3.63, 3.8) is 0 Å². The molecule has 184 valence electrons. The van der Waals surface area contributed by atoms with Gasteiger partial charge >= 0.3 is 12.2 Å². The molecule has 1 atom stereocenters. The van der Waals surface area contributed by atoms with Gasteiger partial charge in [-0.25, -0.2) is 18.4 Å². The quantitative estimate of drug-likeness (QED) is 0.583. The van der Waals surface area contributed by atoms with Gasteiger partial charge in [-0.1, -0.05) is 0 Å². The van der Waals surface area contributed by atoms with Crippen LogP contribution >= 0.6 is 0 Å². The van der Waals surface area contributed by atoms with E-state index < -0.39 is 51.6 Å². The number of hydrogen-bond acceptors (Lipinski definition) is 7. The van der Waals surface area contributed by atoms with Crippen LogP contribution in [0.15, 0.2) is 12.1 Å². The van der Waals surface area contributed by atoms with Gasteiger partial charge in [-0.2, -0.15) is 8.42 Å². The molecule has 0 aliphatic carbocycles. The minimum atomic E-state index is -3.72. The maximum atomic E-state index is 14.9. The van der Waals surface area contributed by atoms with Crippen molar-refractivity contribution in [2.75, 3.05) is 37.4 Å². The number of likely N-dealkylation sites (tertiary alicyclic amines) is 1. The highest BCUT2D eigenvalue weighted by Gasteiger charge is 2.35. The largest absolute Gasteiger partial charge is 0.444 e. The van der Waals surface area contributed by atoms with Gasteiger partial charge in [-0.15, -0.1) is 0 Å². The molecule has 0 unspecified atom stereocenters. The molecule has 1 aromatic rings. The molecule has 2 aliphatic rings. The predicted octanol–water partition coefficient (Wildman–Crippen LogP) is 3.38. The molecular weight excluding hydrogens is 462 g/mol. The Balaban J connectivity index is 1.66. The van der Waals surface area contributed by atoms with Gasteiger partial charge in [0.1, 0.15) is 29.9 Å². The second-order valence-corrected chi connectivity index (χ2v) is 10.8. The number of nitrogens with zero attached hydrogens (tertiary/aromatic N) is 2. The van der Waals surface area contributed by atoms with Crippen molar-refractivity contribution in [1.82, 2.24) is 4.90 Å². The number of anilines is 1. The average molecular weight is 491 g/mol. The van der Waals surface area contributed by atoms with Crippen LogP contribution in [0, 0.1) is 11.6 Å². The third-order valence-electron chi connectivity index (χ3n) is 5.27. The highest BCUT2D eigenvalue weighted by molar-refractivity contribution is 7.85. The fraction of sp³-hybridized carbons (Fsp3) is 0.619. The van der Waals surface area contributed by atoms with Crippen molar-refractivity contribution < 1.29 is 40.4 Å². The Morgan fingerprint density at radius 3 is 2.27 bits per heavy atom. The first kappa shape index (κ1) is 25.2. The maximum Gasteiger partial charge on any atom is 0.414 e. The molecule has 0 bridgehead atoms. The number of cyclic esters (lactones) is 1. The van der Waals surface area contributed by atoms with Crippen LogP contribution in [0.2, 0.25) is 0 Å². The molecule has 2 fully saturated rings. The van der Waals surface area contributed by atoms with E-state index in [1.54, 1.807) is 20.8 Å². The van der Waals surface area contributed by atoms with Crippen LogP contribution in [0.4, 0.5) is 24.1 Å². The third-order valence-corrected chi connectivity index (χ3v) is 5.84. The van der Waals surface area contributed by atoms with Crippen molar-refractivity contribution >= 4 is 28.0 Å². The van der Waals surface area contributed by atoms with Gasteiger partial charge in [-0.05, 0) is 51.7 Å². The smallest absolute Gasteiger partial charge is 0.414 e. The molecule has 2 heterocycles. The normalized spacial score (nSPS) is 20.2. The Kier molecular flexibility index (Phi) is 7.18. The molecule has 33 heavy (non-hydrogen) atoms. The number of benzene rings is 1. The topological polar surface area (TPSA) is 102 Å². The van der Waals surface area contributed by atoms with Gasteiger partial charge in [0.05, 0.1) is 18.5 Å². The van der Waals surface area contributed by atoms with Crippen molar-refractivity contribution in [3.8, 4) is 0 Å². The highest BCUT2D eigenvalue weighted by Crippen LogP contribution is 2.35. The number of rotatable bonds is 5. The summed E-state index contributed by atoms with van der Waals surface area (Å²) in [6.45, 7) is 5.41. The lowest BCUT2D eigenvalue weighted by Crippen LogP contribution is -2.41. The Bertz CT molecular complexity index is 995. The van der Waals surface area contributed by atoms with Gasteiger partial charge in [0.15, 0.2) is 0 Å². The first-order valence-corrected chi connectivity index (χ1v) is 12.3. The standard InChI is InChI=1S/C21H28F2N2O7S/c1-21(2,3)32-19(26)24-7-5-13(6-8-24)18-16(22)9-14(10-17(18)23)25-11-15(31-20(25)27)12-30-33(4,28)29/h9-10,13,15H,5-8,11-12H2,1-4H3/t15-/m1/s1. The fourth-order valence-corrected chi connectivity index (χ4v) is 4.21. The molecular formula is C21H28F2N2O7S. The molecule has 0 aromatic heterocycles. The summed E-state index contributed by atoms with van der Waals surface area (Å²) >= 11 is 0. The summed E-state index contributed by atoms with van der Waals surface area (Å²) in [5, 5.41) is 0. The minimum Gasteiger partial charge on any atom is -0.444 e. The Labute approximate surface area is 191 Å². The molecule has 9 nitrogen and oxygen atoms in total. The molecule has 0 spiro atoms. The van der Waals surface area contributed by atoms with Crippen molar-refractivity contribution in [2.45, 2.75) is 51.2 Å². The zero-order valence-corrected chi connectivity index (χ0v) is 19.8. The summed E-state index contributed by atoms with van der Waals surface area (Å²) in [7, 11) is -3.72. The van der Waals surface area contributed by atoms with Crippen LogP contribution in [0.5, 0.6) is 0 Å². The number of halogens is 2. The lowest BCUT2D eigenvalue weighted by atomic mass is 9.88. The number of carbonyl (C=O) groups excluding carboxylic acids is 2. The summed E-state index contributed by atoms with van der Waals surface area (Å²) in [5.41, 5.74) is -0.756. The average Bonchev–Trinajstić information content (AvgIpc) is 3.05. The lowest BCUT2D eigenvalue weighted by Gasteiger charge is -2.34. The zero-order chi connectivity index (χ0) is 24.6. The molecule has 1 aromatic carbocycles. The predicted molar refractivity (Wildman–Crippen MR) is 115 cm³/mol. The van der Waals surface area contributed by atoms with Crippen LogP contribution in [0.25, 0.3) is 0 Å². The molecule has 2 aliphatic heterocycles. The zero-order valence-electron chi connectivity index (χ0n) is 19.0. The van der Waals surface area contributed by atoms with Crippen molar-refractivity contribution in [2.24, 2.45) is 0 Å². The first-order chi connectivity index (χ1) is 15.2. The van der Waals surface area contributed by atoms with E-state index in [2.05, 4.69) is 4.18 Å². The van der Waals surface area contributed by atoms with E-state index in [4.69, 9.17) is 9.47 Å². The van der Waals surface area contributed by atoms with E-state index in [9.17, 15) is 26.8 Å². The Hall–Kier alpha value is -2.47. The molecule has 12 heteroatoms. The highest BCUT2D eigenvalue weighted by atomic mass is 32.2. The van der Waals surface area contributed by atoms with Crippen LogP contribution in [-0.2, 0) is 23.8 Å². The fourth-order valence-electron chi connectivity index (χ4n) is 3.81. The van der Waals surface area contributed by atoms with E-state index >= 15 is 0 Å². The Morgan fingerprint density at radius 2 is 1.76 bits per heavy atom. The van der Waals surface area contributed by atoms with E-state index in [1.165, 1.54) is 4.90 Å². The van der Waals surface area contributed by atoms with Crippen LogP contribution in [0.1, 0.15) is 45.1 Å². The third kappa shape index (κ3) is 6.53. The van der Waals surface area contributed by atoms with Crippen LogP contribution < -0.4 is 4.90 Å². The maximum absolute atomic E-state index is 14.9. The summed E-state index contributed by atoms with van der Waals surface area (Å²) in [5.74, 6) is -2.03.